The van der Waals surface area contributed by atoms with Crippen LogP contribution in [0.1, 0.15) is 90.9 Å². The molecule has 4 rings (SSSR count). The second-order valence-corrected chi connectivity index (χ2v) is 11.1. The largest absolute Gasteiger partial charge is 0.494 e. The lowest BCUT2D eigenvalue weighted by atomic mass is 9.99. The summed E-state index contributed by atoms with van der Waals surface area (Å²) in [5.74, 6) is 1.86. The summed E-state index contributed by atoms with van der Waals surface area (Å²) in [7, 11) is 0. The minimum atomic E-state index is 0.781. The van der Waals surface area contributed by atoms with Crippen LogP contribution in [0.5, 0.6) is 11.5 Å². The molecule has 0 aliphatic carbocycles. The number of hydrogen-bond donors (Lipinski definition) is 0. The molecule has 3 aromatic carbocycles. The normalized spacial score (nSPS) is 11.2. The lowest BCUT2D eigenvalue weighted by molar-refractivity contribution is 0.304. The summed E-state index contributed by atoms with van der Waals surface area (Å²) >= 11 is 1.45. The molecule has 0 atom stereocenters. The summed E-state index contributed by atoms with van der Waals surface area (Å²) in [6, 6.07) is 21.2. The topological polar surface area (TPSA) is 44.2 Å². The van der Waals surface area contributed by atoms with E-state index < -0.39 is 0 Å². The first-order valence-corrected chi connectivity index (χ1v) is 15.8. The molecular formula is C34H44N2O2S. The molecule has 0 amide bonds. The van der Waals surface area contributed by atoms with E-state index in [1.165, 1.54) is 75.7 Å². The molecule has 4 nitrogen and oxygen atoms in total. The molecule has 208 valence electrons. The van der Waals surface area contributed by atoms with Gasteiger partial charge in [0.15, 0.2) is 0 Å². The monoisotopic (exact) mass is 544 g/mol. The summed E-state index contributed by atoms with van der Waals surface area (Å²) in [5, 5.41) is 4.50. The second kappa shape index (κ2) is 16.2. The molecule has 0 spiro atoms. The van der Waals surface area contributed by atoms with E-state index in [1.807, 2.05) is 0 Å². The predicted molar refractivity (Wildman–Crippen MR) is 166 cm³/mol. The third-order valence-corrected chi connectivity index (χ3v) is 8.03. The van der Waals surface area contributed by atoms with Crippen molar-refractivity contribution in [1.29, 1.82) is 0 Å². The van der Waals surface area contributed by atoms with Gasteiger partial charge in [-0.3, -0.25) is 0 Å². The Balaban J connectivity index is 1.33. The van der Waals surface area contributed by atoms with E-state index in [0.717, 1.165) is 70.0 Å². The molecule has 0 saturated heterocycles. The van der Waals surface area contributed by atoms with Gasteiger partial charge in [-0.1, -0.05) is 119 Å². The van der Waals surface area contributed by atoms with Gasteiger partial charge in [0.1, 0.15) is 17.0 Å². The zero-order chi connectivity index (χ0) is 27.1. The van der Waals surface area contributed by atoms with Gasteiger partial charge in [-0.05, 0) is 59.8 Å². The lowest BCUT2D eigenvalue weighted by Gasteiger charge is -2.10. The van der Waals surface area contributed by atoms with Crippen molar-refractivity contribution < 1.29 is 9.47 Å². The Morgan fingerprint density at radius 3 is 1.54 bits per heavy atom. The first kappa shape index (κ1) is 29.1. The molecular weight excluding hydrogens is 500 g/mol. The number of nitrogens with zero attached hydrogens (tertiary/aromatic N) is 2. The van der Waals surface area contributed by atoms with Gasteiger partial charge in [0.05, 0.1) is 17.9 Å². The van der Waals surface area contributed by atoms with Gasteiger partial charge in [0.2, 0.25) is 0 Å². The van der Waals surface area contributed by atoms with Gasteiger partial charge in [-0.25, -0.2) is 0 Å². The molecule has 0 aliphatic heterocycles. The summed E-state index contributed by atoms with van der Waals surface area (Å²) in [6.07, 6.45) is 15.3. The number of aromatic nitrogens is 2. The number of fused-ring (bicyclic) bond motifs is 1. The van der Waals surface area contributed by atoms with Gasteiger partial charge >= 0.3 is 0 Å². The maximum atomic E-state index is 5.98. The van der Waals surface area contributed by atoms with Gasteiger partial charge in [-0.2, -0.15) is 0 Å². The summed E-state index contributed by atoms with van der Waals surface area (Å²) < 4.78 is 17.4. The molecule has 0 radical (unpaired) electrons. The summed E-state index contributed by atoms with van der Waals surface area (Å²) in [6.45, 7) is 6.07. The van der Waals surface area contributed by atoms with E-state index in [0.29, 0.717) is 0 Å². The molecule has 0 fully saturated rings. The van der Waals surface area contributed by atoms with Crippen molar-refractivity contribution in [3.05, 3.63) is 60.7 Å². The zero-order valence-corrected chi connectivity index (χ0v) is 24.6. The fourth-order valence-electron chi connectivity index (χ4n) is 4.93. The third-order valence-electron chi connectivity index (χ3n) is 7.27. The lowest BCUT2D eigenvalue weighted by Crippen LogP contribution is -1.97. The minimum Gasteiger partial charge on any atom is -0.494 e. The Bertz CT molecular complexity index is 1140. The van der Waals surface area contributed by atoms with E-state index >= 15 is 0 Å². The molecule has 0 bridgehead atoms. The van der Waals surface area contributed by atoms with Crippen molar-refractivity contribution >= 4 is 21.7 Å². The van der Waals surface area contributed by atoms with E-state index in [4.69, 9.17) is 9.47 Å². The van der Waals surface area contributed by atoms with Crippen LogP contribution in [-0.4, -0.2) is 22.8 Å². The van der Waals surface area contributed by atoms with Gasteiger partial charge < -0.3 is 9.47 Å². The van der Waals surface area contributed by atoms with E-state index in [9.17, 15) is 0 Å². The molecule has 0 unspecified atom stereocenters. The van der Waals surface area contributed by atoms with Crippen LogP contribution < -0.4 is 9.47 Å². The summed E-state index contributed by atoms with van der Waals surface area (Å²) in [5.41, 5.74) is 5.49. The fraction of sp³-hybridized carbons (Fsp3) is 0.471. The van der Waals surface area contributed by atoms with Crippen molar-refractivity contribution in [2.24, 2.45) is 0 Å². The maximum Gasteiger partial charge on any atom is 0.119 e. The molecule has 0 N–H and O–H groups in total. The average Bonchev–Trinajstić information content (AvgIpc) is 3.47. The highest BCUT2D eigenvalue weighted by Crippen LogP contribution is 2.37. The minimum absolute atomic E-state index is 0.781. The van der Waals surface area contributed by atoms with Gasteiger partial charge in [0, 0.05) is 11.1 Å². The van der Waals surface area contributed by atoms with Crippen LogP contribution >= 0.6 is 11.5 Å². The Kier molecular flexibility index (Phi) is 12.1. The number of unbranched alkanes of at least 4 members (excludes halogenated alkanes) is 10. The molecule has 1 aromatic heterocycles. The van der Waals surface area contributed by atoms with Crippen LogP contribution in [0, 0.1) is 0 Å². The first-order valence-electron chi connectivity index (χ1n) is 15.0. The molecule has 39 heavy (non-hydrogen) atoms. The van der Waals surface area contributed by atoms with Gasteiger partial charge in [-0.15, -0.1) is 5.10 Å². The quantitative estimate of drug-likeness (QED) is 0.117. The van der Waals surface area contributed by atoms with Crippen molar-refractivity contribution in [1.82, 2.24) is 9.59 Å². The van der Waals surface area contributed by atoms with E-state index in [-0.39, 0.29) is 0 Å². The standard InChI is InChI=1S/C34H44N2O2S/c1-3-5-7-9-11-13-25-37-29-19-15-27(16-20-29)31-23-24-32(34-33(31)35-36-39-34)28-17-21-30(22-18-28)38-26-14-12-10-8-6-4-2/h15-24H,3-14,25-26H2,1-2H3. The number of benzene rings is 3. The van der Waals surface area contributed by atoms with Gasteiger partial charge in [0.25, 0.3) is 0 Å². The third kappa shape index (κ3) is 8.79. The highest BCUT2D eigenvalue weighted by atomic mass is 32.1. The summed E-state index contributed by atoms with van der Waals surface area (Å²) in [4.78, 5) is 0. The maximum absolute atomic E-state index is 5.98. The molecule has 1 heterocycles. The van der Waals surface area contributed by atoms with Crippen LogP contribution in [0.25, 0.3) is 32.5 Å². The molecule has 4 aromatic rings. The Labute approximate surface area is 238 Å². The number of hydrogen-bond acceptors (Lipinski definition) is 5. The van der Waals surface area contributed by atoms with Crippen LogP contribution in [0.3, 0.4) is 0 Å². The molecule has 0 aliphatic rings. The smallest absolute Gasteiger partial charge is 0.119 e. The van der Waals surface area contributed by atoms with Crippen molar-refractivity contribution in [3.8, 4) is 33.8 Å². The number of ether oxygens (including phenoxy) is 2. The van der Waals surface area contributed by atoms with Crippen molar-refractivity contribution in [2.75, 3.05) is 13.2 Å². The van der Waals surface area contributed by atoms with Crippen molar-refractivity contribution in [2.45, 2.75) is 90.9 Å². The Morgan fingerprint density at radius 1 is 0.538 bits per heavy atom. The first-order chi connectivity index (χ1) is 19.3. The average molecular weight is 545 g/mol. The Morgan fingerprint density at radius 2 is 1.00 bits per heavy atom. The molecule has 0 saturated carbocycles. The van der Waals surface area contributed by atoms with E-state index in [2.05, 4.69) is 84.1 Å². The molecule has 5 heteroatoms. The SMILES string of the molecule is CCCCCCCCOc1ccc(-c2ccc(-c3ccc(OCCCCCCCC)cc3)c3snnc23)cc1. The number of rotatable bonds is 18. The predicted octanol–water partition coefficient (Wildman–Crippen LogP) is 10.5. The Hall–Kier alpha value is -2.92. The van der Waals surface area contributed by atoms with Crippen LogP contribution in [0.2, 0.25) is 0 Å². The highest BCUT2D eigenvalue weighted by Gasteiger charge is 2.13. The highest BCUT2D eigenvalue weighted by molar-refractivity contribution is 7.13. The zero-order valence-electron chi connectivity index (χ0n) is 23.8. The van der Waals surface area contributed by atoms with Crippen LogP contribution in [0.4, 0.5) is 0 Å². The second-order valence-electron chi connectivity index (χ2n) is 10.4. The fourth-order valence-corrected chi connectivity index (χ4v) is 5.66. The van der Waals surface area contributed by atoms with Crippen molar-refractivity contribution in [3.63, 3.8) is 0 Å². The van der Waals surface area contributed by atoms with Crippen LogP contribution in [0.15, 0.2) is 60.7 Å². The van der Waals surface area contributed by atoms with Crippen LogP contribution in [-0.2, 0) is 0 Å². The van der Waals surface area contributed by atoms with E-state index in [1.54, 1.807) is 0 Å².